The summed E-state index contributed by atoms with van der Waals surface area (Å²) in [6.45, 7) is 13.3. The molecule has 0 atom stereocenters. The lowest BCUT2D eigenvalue weighted by atomic mass is 9.85. The molecule has 0 aliphatic heterocycles. The van der Waals surface area contributed by atoms with Crippen molar-refractivity contribution in [2.45, 2.75) is 52.4 Å². The topological polar surface area (TPSA) is 78.3 Å². The van der Waals surface area contributed by atoms with Crippen molar-refractivity contribution in [1.29, 1.82) is 10.5 Å². The maximum atomic E-state index is 10.7. The summed E-state index contributed by atoms with van der Waals surface area (Å²) in [5, 5.41) is 23.6. The molecule has 7 rings (SSSR count). The highest BCUT2D eigenvalue weighted by atomic mass is 15.0. The van der Waals surface area contributed by atoms with E-state index in [1.165, 1.54) is 11.1 Å². The summed E-state index contributed by atoms with van der Waals surface area (Å²) in [7, 11) is 0. The molecule has 0 spiro atoms. The molecule has 0 fully saturated rings. The minimum atomic E-state index is -0.0454. The van der Waals surface area contributed by atoms with Crippen molar-refractivity contribution in [1.82, 2.24) is 14.5 Å². The van der Waals surface area contributed by atoms with E-state index in [4.69, 9.17) is 9.97 Å². The molecule has 5 aromatic carbocycles. The Hall–Kier alpha value is -6.04. The Morgan fingerprint density at radius 2 is 0.959 bits per heavy atom. The average Bonchev–Trinajstić information content (AvgIpc) is 3.43. The highest BCUT2D eigenvalue weighted by Crippen LogP contribution is 2.40. The van der Waals surface area contributed by atoms with Crippen LogP contribution in [-0.4, -0.2) is 14.5 Å². The number of fused-ring (bicyclic) bond motifs is 3. The third-order valence-electron chi connectivity index (χ3n) is 9.20. The first-order valence-electron chi connectivity index (χ1n) is 16.5. The first kappa shape index (κ1) is 31.6. The second-order valence-corrected chi connectivity index (χ2v) is 14.6. The third-order valence-corrected chi connectivity index (χ3v) is 9.20. The Bertz CT molecular complexity index is 2300. The summed E-state index contributed by atoms with van der Waals surface area (Å²) in [4.78, 5) is 9.89. The molecule has 2 heterocycles. The monoisotopic (exact) mass is 635 g/mol. The Morgan fingerprint density at radius 3 is 1.41 bits per heavy atom. The molecule has 0 aliphatic rings. The van der Waals surface area contributed by atoms with Crippen molar-refractivity contribution in [3.8, 4) is 51.7 Å². The molecule has 49 heavy (non-hydrogen) atoms. The van der Waals surface area contributed by atoms with Crippen LogP contribution in [0.2, 0.25) is 0 Å². The van der Waals surface area contributed by atoms with Gasteiger partial charge in [0.2, 0.25) is 0 Å². The molecule has 0 saturated heterocycles. The number of hydrogen-bond donors (Lipinski definition) is 0. The maximum absolute atomic E-state index is 10.7. The fourth-order valence-electron chi connectivity index (χ4n) is 6.46. The zero-order valence-corrected chi connectivity index (χ0v) is 28.7. The van der Waals surface area contributed by atoms with E-state index < -0.39 is 0 Å². The molecule has 0 N–H and O–H groups in total. The second kappa shape index (κ2) is 11.9. The van der Waals surface area contributed by atoms with Gasteiger partial charge in [-0.3, -0.25) is 0 Å². The van der Waals surface area contributed by atoms with Gasteiger partial charge in [-0.15, -0.1) is 0 Å². The van der Waals surface area contributed by atoms with Gasteiger partial charge < -0.3 is 4.57 Å². The van der Waals surface area contributed by atoms with Crippen molar-refractivity contribution in [2.75, 3.05) is 0 Å². The van der Waals surface area contributed by atoms with Gasteiger partial charge in [0.1, 0.15) is 12.1 Å². The van der Waals surface area contributed by atoms with Crippen LogP contribution in [0.3, 0.4) is 0 Å². The van der Waals surface area contributed by atoms with Gasteiger partial charge in [-0.05, 0) is 64.4 Å². The van der Waals surface area contributed by atoms with E-state index in [-0.39, 0.29) is 10.8 Å². The fraction of sp³-hybridized carbons (Fsp3) is 0.182. The Morgan fingerprint density at radius 1 is 0.510 bits per heavy atom. The lowest BCUT2D eigenvalue weighted by Crippen LogP contribution is -2.10. The number of aromatic nitrogens is 3. The van der Waals surface area contributed by atoms with Crippen LogP contribution < -0.4 is 0 Å². The van der Waals surface area contributed by atoms with Gasteiger partial charge in [-0.1, -0.05) is 114 Å². The second-order valence-electron chi connectivity index (χ2n) is 14.6. The quantitative estimate of drug-likeness (QED) is 0.193. The molecule has 0 saturated carbocycles. The van der Waals surface area contributed by atoms with Crippen LogP contribution in [0.15, 0.2) is 115 Å². The highest BCUT2D eigenvalue weighted by Gasteiger charge is 2.24. The van der Waals surface area contributed by atoms with Crippen LogP contribution >= 0.6 is 0 Å². The van der Waals surface area contributed by atoms with E-state index in [0.717, 1.165) is 38.6 Å². The fourth-order valence-corrected chi connectivity index (χ4v) is 6.46. The largest absolute Gasteiger partial charge is 0.307 e. The SMILES string of the molecule is CC(C)(C)c1ccc2c(c1)c1cc(C(C)(C)C)ccc1n2-c1c(C#N)cc(-c2cc(-c3ccccc3)nc(-c3ccccc3)n2)cc1C#N. The molecule has 0 aliphatic carbocycles. The van der Waals surface area contributed by atoms with E-state index in [1.807, 2.05) is 78.9 Å². The molecule has 5 heteroatoms. The van der Waals surface area contributed by atoms with Crippen LogP contribution in [-0.2, 0) is 10.8 Å². The van der Waals surface area contributed by atoms with Crippen LogP contribution in [0, 0.1) is 22.7 Å². The van der Waals surface area contributed by atoms with E-state index in [2.05, 4.69) is 94.6 Å². The molecule has 0 bridgehead atoms. The van der Waals surface area contributed by atoms with E-state index in [0.29, 0.717) is 33.9 Å². The van der Waals surface area contributed by atoms with Crippen molar-refractivity contribution in [3.05, 3.63) is 138 Å². The molecule has 5 nitrogen and oxygen atoms in total. The van der Waals surface area contributed by atoms with Gasteiger partial charge in [0.25, 0.3) is 0 Å². The summed E-state index contributed by atoms with van der Waals surface area (Å²) in [6.07, 6.45) is 0. The van der Waals surface area contributed by atoms with Gasteiger partial charge in [0.15, 0.2) is 5.82 Å². The standard InChI is InChI=1S/C44H37N5/c1-43(2,3)33-17-19-39-35(23-33)36-24-34(44(4,5)6)18-20-40(36)49(39)41-31(26-45)21-30(22-32(41)27-46)38-25-37(28-13-9-7-10-14-28)47-42(48-38)29-15-11-8-12-16-29/h7-25H,1-6H3. The molecule has 0 amide bonds. The summed E-state index contributed by atoms with van der Waals surface area (Å²) in [5.74, 6) is 0.574. The van der Waals surface area contributed by atoms with Gasteiger partial charge in [0.05, 0.1) is 39.2 Å². The van der Waals surface area contributed by atoms with Crippen LogP contribution in [0.25, 0.3) is 61.4 Å². The van der Waals surface area contributed by atoms with Gasteiger partial charge >= 0.3 is 0 Å². The smallest absolute Gasteiger partial charge is 0.160 e. The Labute approximate surface area is 287 Å². The third kappa shape index (κ3) is 5.75. The minimum Gasteiger partial charge on any atom is -0.307 e. The van der Waals surface area contributed by atoms with E-state index >= 15 is 0 Å². The molecule has 7 aromatic rings. The molecular weight excluding hydrogens is 599 g/mol. The summed E-state index contributed by atoms with van der Waals surface area (Å²) in [6, 6.07) is 43.5. The summed E-state index contributed by atoms with van der Waals surface area (Å²) in [5.41, 5.74) is 9.55. The molecule has 2 aromatic heterocycles. The summed E-state index contributed by atoms with van der Waals surface area (Å²) >= 11 is 0. The number of benzene rings is 5. The van der Waals surface area contributed by atoms with Crippen molar-refractivity contribution in [2.24, 2.45) is 0 Å². The highest BCUT2D eigenvalue weighted by molar-refractivity contribution is 6.10. The number of hydrogen-bond acceptors (Lipinski definition) is 4. The van der Waals surface area contributed by atoms with Crippen LogP contribution in [0.4, 0.5) is 0 Å². The maximum Gasteiger partial charge on any atom is 0.160 e. The van der Waals surface area contributed by atoms with Gasteiger partial charge in [0, 0.05) is 27.5 Å². The number of nitriles is 2. The van der Waals surface area contributed by atoms with Crippen molar-refractivity contribution in [3.63, 3.8) is 0 Å². The van der Waals surface area contributed by atoms with Crippen LogP contribution in [0.1, 0.15) is 63.8 Å². The molecule has 0 unspecified atom stereocenters. The summed E-state index contributed by atoms with van der Waals surface area (Å²) < 4.78 is 2.09. The number of rotatable bonds is 4. The lowest BCUT2D eigenvalue weighted by molar-refractivity contribution is 0.590. The Kier molecular flexibility index (Phi) is 7.65. The van der Waals surface area contributed by atoms with Crippen molar-refractivity contribution < 1.29 is 0 Å². The van der Waals surface area contributed by atoms with Crippen molar-refractivity contribution >= 4 is 21.8 Å². The zero-order chi connectivity index (χ0) is 34.5. The van der Waals surface area contributed by atoms with E-state index in [9.17, 15) is 10.5 Å². The molecule has 238 valence electrons. The predicted octanol–water partition coefficient (Wildman–Crippen LogP) is 10.9. The molecule has 0 radical (unpaired) electrons. The first-order valence-corrected chi connectivity index (χ1v) is 16.5. The lowest BCUT2D eigenvalue weighted by Gasteiger charge is -2.19. The zero-order valence-electron chi connectivity index (χ0n) is 28.7. The average molecular weight is 636 g/mol. The minimum absolute atomic E-state index is 0.0454. The van der Waals surface area contributed by atoms with Gasteiger partial charge in [-0.2, -0.15) is 10.5 Å². The Balaban J connectivity index is 1.50. The first-order chi connectivity index (χ1) is 23.5. The van der Waals surface area contributed by atoms with E-state index in [1.54, 1.807) is 0 Å². The van der Waals surface area contributed by atoms with Gasteiger partial charge in [-0.25, -0.2) is 9.97 Å². The normalized spacial score (nSPS) is 11.8. The van der Waals surface area contributed by atoms with Crippen LogP contribution in [0.5, 0.6) is 0 Å². The number of nitrogens with zero attached hydrogens (tertiary/aromatic N) is 5. The predicted molar refractivity (Wildman–Crippen MR) is 200 cm³/mol. The molecular formula is C44H37N5.